The van der Waals surface area contributed by atoms with Crippen LogP contribution in [-0.4, -0.2) is 11.1 Å². The van der Waals surface area contributed by atoms with Crippen LogP contribution in [0.5, 0.6) is 0 Å². The van der Waals surface area contributed by atoms with Crippen molar-refractivity contribution in [2.75, 3.05) is 0 Å². The third kappa shape index (κ3) is 27.8. The molecule has 27 heavy (non-hydrogen) atoms. The second-order valence-corrected chi connectivity index (χ2v) is 9.69. The minimum Gasteiger partial charge on any atom is -0.481 e. The summed E-state index contributed by atoms with van der Waals surface area (Å²) in [7, 11) is 0. The molecule has 0 amide bonds. The fourth-order valence-electron chi connectivity index (χ4n) is 2.92. The summed E-state index contributed by atoms with van der Waals surface area (Å²) in [4.78, 5) is 10.0. The van der Waals surface area contributed by atoms with E-state index in [1.54, 1.807) is 20.8 Å². The highest BCUT2D eigenvalue weighted by atomic mass is 16.4. The van der Waals surface area contributed by atoms with Crippen LogP contribution in [0.3, 0.4) is 0 Å². The van der Waals surface area contributed by atoms with Crippen LogP contribution in [0, 0.1) is 11.3 Å². The molecule has 0 saturated heterocycles. The van der Waals surface area contributed by atoms with Crippen LogP contribution in [-0.2, 0) is 4.79 Å². The zero-order chi connectivity index (χ0) is 21.0. The minimum atomic E-state index is -0.757. The summed E-state index contributed by atoms with van der Waals surface area (Å²) in [6.45, 7) is 12.0. The molecule has 0 aromatic rings. The molecular formula is C25H52O2. The number of carboxylic acids is 1. The van der Waals surface area contributed by atoms with Crippen LogP contribution in [0.1, 0.15) is 144 Å². The van der Waals surface area contributed by atoms with Crippen LogP contribution < -0.4 is 0 Å². The molecule has 2 heteroatoms. The molecule has 0 aromatic heterocycles. The van der Waals surface area contributed by atoms with E-state index in [9.17, 15) is 4.79 Å². The first-order valence-corrected chi connectivity index (χ1v) is 11.9. The summed E-state index contributed by atoms with van der Waals surface area (Å²) >= 11 is 0. The quantitative estimate of drug-likeness (QED) is 0.269. The molecule has 0 aliphatic carbocycles. The first-order valence-electron chi connectivity index (χ1n) is 11.9. The van der Waals surface area contributed by atoms with Gasteiger partial charge in [-0.05, 0) is 26.7 Å². The third-order valence-corrected chi connectivity index (χ3v) is 5.03. The molecule has 0 radical (unpaired) electrons. The van der Waals surface area contributed by atoms with Gasteiger partial charge in [0.15, 0.2) is 0 Å². The molecule has 0 atom stereocenters. The van der Waals surface area contributed by atoms with Gasteiger partial charge in [-0.3, -0.25) is 4.79 Å². The second-order valence-electron chi connectivity index (χ2n) is 9.69. The smallest absolute Gasteiger partial charge is 0.308 e. The van der Waals surface area contributed by atoms with Crippen molar-refractivity contribution in [3.63, 3.8) is 0 Å². The first-order chi connectivity index (χ1) is 12.7. The molecule has 0 aliphatic rings. The normalized spacial score (nSPS) is 11.4. The van der Waals surface area contributed by atoms with E-state index in [1.807, 2.05) is 0 Å². The molecule has 0 rings (SSSR count). The Balaban J connectivity index is 0. The molecule has 0 aromatic carbocycles. The van der Waals surface area contributed by atoms with E-state index in [-0.39, 0.29) is 0 Å². The maximum Gasteiger partial charge on any atom is 0.308 e. The van der Waals surface area contributed by atoms with Crippen LogP contribution in [0.2, 0.25) is 0 Å². The lowest BCUT2D eigenvalue weighted by atomic mass is 9.98. The van der Waals surface area contributed by atoms with Gasteiger partial charge < -0.3 is 5.11 Å². The van der Waals surface area contributed by atoms with E-state index < -0.39 is 11.4 Å². The highest BCUT2D eigenvalue weighted by molar-refractivity contribution is 5.72. The van der Waals surface area contributed by atoms with Crippen molar-refractivity contribution in [2.45, 2.75) is 144 Å². The summed E-state index contributed by atoms with van der Waals surface area (Å²) in [5.74, 6) is 0.143. The summed E-state index contributed by atoms with van der Waals surface area (Å²) in [6.07, 6.45) is 23.5. The Bertz CT molecular complexity index is 302. The van der Waals surface area contributed by atoms with E-state index >= 15 is 0 Å². The molecule has 0 spiro atoms. The van der Waals surface area contributed by atoms with Crippen molar-refractivity contribution in [3.8, 4) is 0 Å². The highest BCUT2D eigenvalue weighted by Gasteiger charge is 2.18. The van der Waals surface area contributed by atoms with Crippen molar-refractivity contribution in [3.05, 3.63) is 0 Å². The molecular weight excluding hydrogens is 332 g/mol. The average Bonchev–Trinajstić information content (AvgIpc) is 2.57. The molecule has 0 heterocycles. The van der Waals surface area contributed by atoms with Crippen LogP contribution >= 0.6 is 0 Å². The summed E-state index contributed by atoms with van der Waals surface area (Å²) < 4.78 is 0. The Morgan fingerprint density at radius 2 is 0.926 bits per heavy atom. The lowest BCUT2D eigenvalue weighted by Crippen LogP contribution is -2.18. The number of aliphatic carboxylic acids is 1. The van der Waals surface area contributed by atoms with E-state index in [1.165, 1.54) is 103 Å². The lowest BCUT2D eigenvalue weighted by molar-refractivity contribution is -0.145. The van der Waals surface area contributed by atoms with E-state index in [0.29, 0.717) is 0 Å². The van der Waals surface area contributed by atoms with Gasteiger partial charge in [-0.2, -0.15) is 0 Å². The SMILES string of the molecule is CC(C)(C)C(=O)O.CCCCCCCCCCCCCCCCCC(C)C. The topological polar surface area (TPSA) is 37.3 Å². The highest BCUT2D eigenvalue weighted by Crippen LogP contribution is 2.14. The number of carbonyl (C=O) groups is 1. The molecule has 0 aliphatic heterocycles. The number of rotatable bonds is 16. The van der Waals surface area contributed by atoms with Gasteiger partial charge in [0.25, 0.3) is 0 Å². The average molecular weight is 385 g/mol. The van der Waals surface area contributed by atoms with Crippen molar-refractivity contribution in [2.24, 2.45) is 11.3 Å². The zero-order valence-corrected chi connectivity index (χ0v) is 19.7. The van der Waals surface area contributed by atoms with Crippen molar-refractivity contribution in [1.82, 2.24) is 0 Å². The molecule has 0 bridgehead atoms. The first kappa shape index (κ1) is 28.7. The number of hydrogen-bond donors (Lipinski definition) is 1. The lowest BCUT2D eigenvalue weighted by Gasteiger charge is -2.08. The Morgan fingerprint density at radius 3 is 1.15 bits per heavy atom. The Hall–Kier alpha value is -0.530. The van der Waals surface area contributed by atoms with E-state index in [0.717, 1.165) is 5.92 Å². The largest absolute Gasteiger partial charge is 0.481 e. The van der Waals surface area contributed by atoms with Gasteiger partial charge in [0, 0.05) is 0 Å². The van der Waals surface area contributed by atoms with Gasteiger partial charge in [0.2, 0.25) is 0 Å². The van der Waals surface area contributed by atoms with Crippen molar-refractivity contribution < 1.29 is 9.90 Å². The van der Waals surface area contributed by atoms with Crippen LogP contribution in [0.4, 0.5) is 0 Å². The van der Waals surface area contributed by atoms with E-state index in [4.69, 9.17) is 5.11 Å². The predicted molar refractivity (Wildman–Crippen MR) is 121 cm³/mol. The standard InChI is InChI=1S/C20H42.C5H10O2/c1-4-5-6-7-8-9-10-11-12-13-14-15-16-17-18-19-20(2)3;1-5(2,3)4(6)7/h20H,4-19H2,1-3H3;1-3H3,(H,6,7). The monoisotopic (exact) mass is 384 g/mol. The number of hydrogen-bond acceptors (Lipinski definition) is 1. The van der Waals surface area contributed by atoms with E-state index in [2.05, 4.69) is 20.8 Å². The second kappa shape index (κ2) is 20.2. The van der Waals surface area contributed by atoms with Gasteiger partial charge in [0.1, 0.15) is 0 Å². The van der Waals surface area contributed by atoms with Gasteiger partial charge in [0.05, 0.1) is 5.41 Å². The molecule has 0 unspecified atom stereocenters. The van der Waals surface area contributed by atoms with Crippen molar-refractivity contribution in [1.29, 1.82) is 0 Å². The van der Waals surface area contributed by atoms with Gasteiger partial charge in [-0.1, -0.05) is 124 Å². The number of carboxylic acid groups (broad SMARTS) is 1. The fraction of sp³-hybridized carbons (Fsp3) is 0.960. The Kier molecular flexibility index (Phi) is 21.5. The van der Waals surface area contributed by atoms with Crippen molar-refractivity contribution >= 4 is 5.97 Å². The summed E-state index contributed by atoms with van der Waals surface area (Å²) in [5.41, 5.74) is -0.583. The molecule has 2 nitrogen and oxygen atoms in total. The Morgan fingerprint density at radius 1 is 0.667 bits per heavy atom. The number of unbranched alkanes of at least 4 members (excludes halogenated alkanes) is 14. The van der Waals surface area contributed by atoms with Gasteiger partial charge in [-0.15, -0.1) is 0 Å². The minimum absolute atomic E-state index is 0.583. The van der Waals surface area contributed by atoms with Gasteiger partial charge in [-0.25, -0.2) is 0 Å². The zero-order valence-electron chi connectivity index (χ0n) is 19.7. The maximum absolute atomic E-state index is 10.0. The molecule has 0 saturated carbocycles. The third-order valence-electron chi connectivity index (χ3n) is 5.03. The van der Waals surface area contributed by atoms with Crippen LogP contribution in [0.15, 0.2) is 0 Å². The molecule has 1 N–H and O–H groups in total. The fourth-order valence-corrected chi connectivity index (χ4v) is 2.92. The molecule has 0 fully saturated rings. The predicted octanol–water partition coefficient (Wildman–Crippen LogP) is 9.02. The van der Waals surface area contributed by atoms with Crippen LogP contribution in [0.25, 0.3) is 0 Å². The Labute approximate surface area is 171 Å². The van der Waals surface area contributed by atoms with Gasteiger partial charge >= 0.3 is 5.97 Å². The summed E-state index contributed by atoms with van der Waals surface area (Å²) in [5, 5.41) is 8.25. The maximum atomic E-state index is 10.0. The summed E-state index contributed by atoms with van der Waals surface area (Å²) in [6, 6.07) is 0. The molecule has 164 valence electrons.